The average molecular weight is 343 g/mol. The molecule has 1 N–H and O–H groups in total. The first kappa shape index (κ1) is 17.5. The van der Waals surface area contributed by atoms with Crippen molar-refractivity contribution in [3.63, 3.8) is 0 Å². The van der Waals surface area contributed by atoms with E-state index < -0.39 is 0 Å². The van der Waals surface area contributed by atoms with Crippen molar-refractivity contribution in [1.29, 1.82) is 0 Å². The second kappa shape index (κ2) is 8.16. The topological polar surface area (TPSA) is 67.6 Å². The SMILES string of the molecule is COc1ccc(CC(=O)N2CCC[C@H](c3ccn(CCO)n3)C2)cc1. The molecular weight excluding hydrogens is 318 g/mol. The van der Waals surface area contributed by atoms with Crippen molar-refractivity contribution in [2.24, 2.45) is 0 Å². The number of aliphatic hydroxyl groups is 1. The molecule has 6 nitrogen and oxygen atoms in total. The predicted molar refractivity (Wildman–Crippen MR) is 94.6 cm³/mol. The minimum atomic E-state index is 0.0816. The number of methoxy groups -OCH3 is 1. The Morgan fingerprint density at radius 1 is 1.32 bits per heavy atom. The van der Waals surface area contributed by atoms with Gasteiger partial charge in [0.2, 0.25) is 5.91 Å². The number of carbonyl (C=O) groups is 1. The number of aliphatic hydroxyl groups excluding tert-OH is 1. The van der Waals surface area contributed by atoms with Crippen molar-refractivity contribution in [2.45, 2.75) is 31.7 Å². The number of amides is 1. The number of hydrogen-bond donors (Lipinski definition) is 1. The summed E-state index contributed by atoms with van der Waals surface area (Å²) in [7, 11) is 1.63. The maximum atomic E-state index is 12.6. The summed E-state index contributed by atoms with van der Waals surface area (Å²) in [5.41, 5.74) is 2.01. The first-order chi connectivity index (χ1) is 12.2. The third-order valence-electron chi connectivity index (χ3n) is 4.70. The molecule has 0 saturated carbocycles. The lowest BCUT2D eigenvalue weighted by Gasteiger charge is -2.32. The van der Waals surface area contributed by atoms with Gasteiger partial charge in [0.25, 0.3) is 0 Å². The molecule has 0 radical (unpaired) electrons. The van der Waals surface area contributed by atoms with Gasteiger partial charge in [-0.3, -0.25) is 9.48 Å². The molecule has 0 bridgehead atoms. The minimum Gasteiger partial charge on any atom is -0.497 e. The molecule has 0 unspecified atom stereocenters. The van der Waals surface area contributed by atoms with Gasteiger partial charge in [-0.15, -0.1) is 0 Å². The largest absolute Gasteiger partial charge is 0.497 e. The molecule has 1 atom stereocenters. The average Bonchev–Trinajstić information content (AvgIpc) is 3.11. The highest BCUT2D eigenvalue weighted by Crippen LogP contribution is 2.26. The van der Waals surface area contributed by atoms with Crippen molar-refractivity contribution < 1.29 is 14.6 Å². The van der Waals surface area contributed by atoms with Gasteiger partial charge in [0.15, 0.2) is 0 Å². The van der Waals surface area contributed by atoms with Crippen LogP contribution >= 0.6 is 0 Å². The van der Waals surface area contributed by atoms with Crippen LogP contribution in [0.15, 0.2) is 36.5 Å². The highest BCUT2D eigenvalue weighted by atomic mass is 16.5. The molecule has 0 spiro atoms. The van der Waals surface area contributed by atoms with Gasteiger partial charge in [0, 0.05) is 25.2 Å². The summed E-state index contributed by atoms with van der Waals surface area (Å²) in [5.74, 6) is 1.23. The standard InChI is InChI=1S/C19H25N3O3/c1-25-17-6-4-15(5-7-17)13-19(24)21-9-2-3-16(14-21)18-8-10-22(20-18)11-12-23/h4-8,10,16,23H,2-3,9,11-14H2,1H3/t16-/m0/s1. The van der Waals surface area contributed by atoms with Crippen molar-refractivity contribution >= 4 is 5.91 Å². The van der Waals surface area contributed by atoms with Crippen LogP contribution in [0.1, 0.15) is 30.0 Å². The smallest absolute Gasteiger partial charge is 0.227 e. The monoisotopic (exact) mass is 343 g/mol. The Bertz CT molecular complexity index is 696. The Labute approximate surface area is 148 Å². The highest BCUT2D eigenvalue weighted by Gasteiger charge is 2.26. The van der Waals surface area contributed by atoms with Gasteiger partial charge in [-0.1, -0.05) is 12.1 Å². The van der Waals surface area contributed by atoms with Crippen LogP contribution in [0.4, 0.5) is 0 Å². The fourth-order valence-corrected chi connectivity index (χ4v) is 3.30. The summed E-state index contributed by atoms with van der Waals surface area (Å²) in [4.78, 5) is 14.6. The van der Waals surface area contributed by atoms with Gasteiger partial charge in [0.1, 0.15) is 5.75 Å². The van der Waals surface area contributed by atoms with Crippen LogP contribution in [-0.4, -0.2) is 52.5 Å². The van der Waals surface area contributed by atoms with Crippen LogP contribution in [-0.2, 0) is 17.8 Å². The second-order valence-electron chi connectivity index (χ2n) is 6.43. The number of ether oxygens (including phenoxy) is 1. The number of piperidine rings is 1. The first-order valence-electron chi connectivity index (χ1n) is 8.74. The number of rotatable bonds is 6. The Kier molecular flexibility index (Phi) is 5.71. The highest BCUT2D eigenvalue weighted by molar-refractivity contribution is 5.79. The van der Waals surface area contributed by atoms with Crippen LogP contribution < -0.4 is 4.74 Å². The molecule has 25 heavy (non-hydrogen) atoms. The Hall–Kier alpha value is -2.34. The molecule has 1 aromatic heterocycles. The van der Waals surface area contributed by atoms with E-state index in [1.165, 1.54) is 0 Å². The van der Waals surface area contributed by atoms with E-state index in [-0.39, 0.29) is 18.4 Å². The van der Waals surface area contributed by atoms with Gasteiger partial charge >= 0.3 is 0 Å². The third kappa shape index (κ3) is 4.39. The normalized spacial score (nSPS) is 17.5. The Morgan fingerprint density at radius 3 is 2.84 bits per heavy atom. The van der Waals surface area contributed by atoms with Gasteiger partial charge in [0.05, 0.1) is 32.4 Å². The third-order valence-corrected chi connectivity index (χ3v) is 4.70. The van der Waals surface area contributed by atoms with Crippen molar-refractivity contribution in [3.05, 3.63) is 47.8 Å². The molecule has 1 aliphatic heterocycles. The zero-order valence-corrected chi connectivity index (χ0v) is 14.6. The number of benzene rings is 1. The molecule has 1 amide bonds. The van der Waals surface area contributed by atoms with Gasteiger partial charge in [-0.05, 0) is 36.6 Å². The van der Waals surface area contributed by atoms with Crippen molar-refractivity contribution in [1.82, 2.24) is 14.7 Å². The van der Waals surface area contributed by atoms with Crippen molar-refractivity contribution in [3.8, 4) is 5.75 Å². The second-order valence-corrected chi connectivity index (χ2v) is 6.43. The summed E-state index contributed by atoms with van der Waals surface area (Å²) in [6.45, 7) is 2.11. The summed E-state index contributed by atoms with van der Waals surface area (Å²) in [6.07, 6.45) is 4.34. The van der Waals surface area contributed by atoms with E-state index in [0.717, 1.165) is 36.4 Å². The van der Waals surface area contributed by atoms with E-state index in [0.29, 0.717) is 19.5 Å². The maximum absolute atomic E-state index is 12.6. The Morgan fingerprint density at radius 2 is 2.12 bits per heavy atom. The van der Waals surface area contributed by atoms with Gasteiger partial charge in [-0.25, -0.2) is 0 Å². The number of aromatic nitrogens is 2. The molecule has 6 heteroatoms. The summed E-state index contributed by atoms with van der Waals surface area (Å²) >= 11 is 0. The molecule has 1 fully saturated rings. The number of likely N-dealkylation sites (tertiary alicyclic amines) is 1. The molecule has 1 aromatic carbocycles. The minimum absolute atomic E-state index is 0.0816. The van der Waals surface area contributed by atoms with Gasteiger partial charge < -0.3 is 14.7 Å². The molecule has 1 aliphatic rings. The van der Waals surface area contributed by atoms with E-state index in [1.807, 2.05) is 41.4 Å². The zero-order chi connectivity index (χ0) is 17.6. The number of hydrogen-bond acceptors (Lipinski definition) is 4. The molecule has 0 aliphatic carbocycles. The lowest BCUT2D eigenvalue weighted by atomic mass is 9.94. The van der Waals surface area contributed by atoms with E-state index in [4.69, 9.17) is 9.84 Å². The summed E-state index contributed by atoms with van der Waals surface area (Å²) in [6, 6.07) is 9.64. The lowest BCUT2D eigenvalue weighted by molar-refractivity contribution is -0.131. The van der Waals surface area contributed by atoms with Crippen molar-refractivity contribution in [2.75, 3.05) is 26.8 Å². The summed E-state index contributed by atoms with van der Waals surface area (Å²) < 4.78 is 6.91. The van der Waals surface area contributed by atoms with Crippen LogP contribution in [0.3, 0.4) is 0 Å². The van der Waals surface area contributed by atoms with E-state index in [2.05, 4.69) is 5.10 Å². The molecule has 3 rings (SSSR count). The molecule has 2 heterocycles. The van der Waals surface area contributed by atoms with E-state index in [1.54, 1.807) is 11.8 Å². The predicted octanol–water partition coefficient (Wildman–Crippen LogP) is 1.83. The molecule has 2 aromatic rings. The van der Waals surface area contributed by atoms with Gasteiger partial charge in [-0.2, -0.15) is 5.10 Å². The van der Waals surface area contributed by atoms with Crippen LogP contribution in [0.2, 0.25) is 0 Å². The summed E-state index contributed by atoms with van der Waals surface area (Å²) in [5, 5.41) is 13.5. The van der Waals surface area contributed by atoms with Crippen LogP contribution in [0, 0.1) is 0 Å². The van der Waals surface area contributed by atoms with E-state index in [9.17, 15) is 4.79 Å². The zero-order valence-electron chi connectivity index (χ0n) is 14.6. The molecule has 134 valence electrons. The Balaban J connectivity index is 1.60. The number of carbonyl (C=O) groups excluding carboxylic acids is 1. The first-order valence-corrected chi connectivity index (χ1v) is 8.74. The van der Waals surface area contributed by atoms with E-state index >= 15 is 0 Å². The molecule has 1 saturated heterocycles. The molecular formula is C19H25N3O3. The lowest BCUT2D eigenvalue weighted by Crippen LogP contribution is -2.40. The fourth-order valence-electron chi connectivity index (χ4n) is 3.30. The van der Waals surface area contributed by atoms with Crippen LogP contribution in [0.25, 0.3) is 0 Å². The fraction of sp³-hybridized carbons (Fsp3) is 0.474. The number of nitrogens with zero attached hydrogens (tertiary/aromatic N) is 3. The van der Waals surface area contributed by atoms with Crippen LogP contribution in [0.5, 0.6) is 5.75 Å². The maximum Gasteiger partial charge on any atom is 0.227 e. The quantitative estimate of drug-likeness (QED) is 0.869.